The highest BCUT2D eigenvalue weighted by atomic mass is 16.5. The molecule has 0 spiro atoms. The lowest BCUT2D eigenvalue weighted by molar-refractivity contribution is -0.0736. The van der Waals surface area contributed by atoms with Gasteiger partial charge >= 0.3 is 6.03 Å². The molecule has 0 aromatic rings. The number of urea groups is 1. The molecule has 0 unspecified atom stereocenters. The molecule has 0 radical (unpaired) electrons. The first kappa shape index (κ1) is 16.6. The number of piperidine rings is 1. The SMILES string of the molecule is CC(C)CN1CCC(NC(=O)N2CCOC(C)(C)C2)CC1. The van der Waals surface area contributed by atoms with Crippen molar-refractivity contribution in [1.82, 2.24) is 15.1 Å². The summed E-state index contributed by atoms with van der Waals surface area (Å²) >= 11 is 0. The van der Waals surface area contributed by atoms with Crippen molar-refractivity contribution >= 4 is 6.03 Å². The molecule has 122 valence electrons. The Morgan fingerprint density at radius 1 is 1.29 bits per heavy atom. The summed E-state index contributed by atoms with van der Waals surface area (Å²) in [6.07, 6.45) is 2.12. The number of nitrogens with zero attached hydrogens (tertiary/aromatic N) is 2. The van der Waals surface area contributed by atoms with Crippen LogP contribution in [0.3, 0.4) is 0 Å². The highest BCUT2D eigenvalue weighted by Gasteiger charge is 2.31. The van der Waals surface area contributed by atoms with Gasteiger partial charge in [0.1, 0.15) is 0 Å². The summed E-state index contributed by atoms with van der Waals surface area (Å²) in [6, 6.07) is 0.403. The Bertz CT molecular complexity index is 349. The third kappa shape index (κ3) is 5.15. The van der Waals surface area contributed by atoms with Crippen molar-refractivity contribution in [2.24, 2.45) is 5.92 Å². The molecule has 2 aliphatic heterocycles. The molecule has 2 aliphatic rings. The Balaban J connectivity index is 1.74. The molecular formula is C16H31N3O2. The first-order chi connectivity index (χ1) is 9.85. The van der Waals surface area contributed by atoms with Crippen LogP contribution < -0.4 is 5.32 Å². The van der Waals surface area contributed by atoms with Crippen molar-refractivity contribution in [2.75, 3.05) is 39.3 Å². The maximum absolute atomic E-state index is 12.4. The molecule has 1 N–H and O–H groups in total. The molecule has 2 amide bonds. The van der Waals surface area contributed by atoms with Crippen LogP contribution in [-0.2, 0) is 4.74 Å². The molecule has 0 bridgehead atoms. The third-order valence-electron chi connectivity index (χ3n) is 4.25. The van der Waals surface area contributed by atoms with Gasteiger partial charge in [-0.25, -0.2) is 4.79 Å². The van der Waals surface area contributed by atoms with E-state index >= 15 is 0 Å². The summed E-state index contributed by atoms with van der Waals surface area (Å²) in [7, 11) is 0. The van der Waals surface area contributed by atoms with E-state index in [4.69, 9.17) is 4.74 Å². The van der Waals surface area contributed by atoms with E-state index in [9.17, 15) is 4.79 Å². The van der Waals surface area contributed by atoms with E-state index < -0.39 is 0 Å². The molecule has 2 rings (SSSR count). The number of hydrogen-bond donors (Lipinski definition) is 1. The Morgan fingerprint density at radius 2 is 1.95 bits per heavy atom. The number of amides is 2. The predicted molar refractivity (Wildman–Crippen MR) is 84.4 cm³/mol. The quantitative estimate of drug-likeness (QED) is 0.866. The molecule has 5 nitrogen and oxygen atoms in total. The fraction of sp³-hybridized carbons (Fsp3) is 0.938. The number of likely N-dealkylation sites (tertiary alicyclic amines) is 1. The second-order valence-electron chi connectivity index (χ2n) is 7.45. The number of carbonyl (C=O) groups excluding carboxylic acids is 1. The highest BCUT2D eigenvalue weighted by molar-refractivity contribution is 5.74. The first-order valence-electron chi connectivity index (χ1n) is 8.27. The lowest BCUT2D eigenvalue weighted by Crippen LogP contribution is -2.56. The first-order valence-corrected chi connectivity index (χ1v) is 8.27. The van der Waals surface area contributed by atoms with E-state index in [1.54, 1.807) is 0 Å². The van der Waals surface area contributed by atoms with Gasteiger partial charge in [0, 0.05) is 32.2 Å². The molecule has 0 aromatic heterocycles. The zero-order valence-corrected chi connectivity index (χ0v) is 14.0. The van der Waals surface area contributed by atoms with Gasteiger partial charge in [0.25, 0.3) is 0 Å². The van der Waals surface area contributed by atoms with Gasteiger partial charge in [-0.2, -0.15) is 0 Å². The zero-order chi connectivity index (χ0) is 15.5. The van der Waals surface area contributed by atoms with Crippen LogP contribution in [0.5, 0.6) is 0 Å². The Morgan fingerprint density at radius 3 is 2.52 bits per heavy atom. The van der Waals surface area contributed by atoms with Crippen molar-refractivity contribution in [1.29, 1.82) is 0 Å². The minimum Gasteiger partial charge on any atom is -0.372 e. The van der Waals surface area contributed by atoms with Crippen LogP contribution in [0.2, 0.25) is 0 Å². The monoisotopic (exact) mass is 297 g/mol. The molecule has 0 atom stereocenters. The summed E-state index contributed by atoms with van der Waals surface area (Å²) < 4.78 is 5.66. The lowest BCUT2D eigenvalue weighted by Gasteiger charge is -2.39. The van der Waals surface area contributed by atoms with Crippen LogP contribution in [0.4, 0.5) is 4.79 Å². The van der Waals surface area contributed by atoms with Crippen LogP contribution >= 0.6 is 0 Å². The van der Waals surface area contributed by atoms with Gasteiger partial charge in [-0.3, -0.25) is 0 Å². The summed E-state index contributed by atoms with van der Waals surface area (Å²) in [5, 5.41) is 3.20. The molecule has 0 aromatic carbocycles. The van der Waals surface area contributed by atoms with E-state index in [1.165, 1.54) is 0 Å². The molecule has 2 saturated heterocycles. The maximum atomic E-state index is 12.4. The summed E-state index contributed by atoms with van der Waals surface area (Å²) in [5.41, 5.74) is -0.226. The number of hydrogen-bond acceptors (Lipinski definition) is 3. The van der Waals surface area contributed by atoms with Crippen LogP contribution in [0.1, 0.15) is 40.5 Å². The standard InChI is InChI=1S/C16H31N3O2/c1-13(2)11-18-7-5-14(6-8-18)17-15(20)19-9-10-21-16(3,4)12-19/h13-14H,5-12H2,1-4H3,(H,17,20). The molecule has 2 fully saturated rings. The van der Waals surface area contributed by atoms with Crippen molar-refractivity contribution in [2.45, 2.75) is 52.2 Å². The molecule has 0 saturated carbocycles. The molecular weight excluding hydrogens is 266 g/mol. The van der Waals surface area contributed by atoms with Crippen LogP contribution in [0.15, 0.2) is 0 Å². The average Bonchev–Trinajstić information content (AvgIpc) is 2.39. The number of ether oxygens (including phenoxy) is 1. The van der Waals surface area contributed by atoms with Gasteiger partial charge in [0.2, 0.25) is 0 Å². The predicted octanol–water partition coefficient (Wildman–Crippen LogP) is 1.93. The van der Waals surface area contributed by atoms with Gasteiger partial charge in [0.15, 0.2) is 0 Å². The van der Waals surface area contributed by atoms with E-state index in [0.29, 0.717) is 31.7 Å². The number of rotatable bonds is 3. The van der Waals surface area contributed by atoms with Crippen molar-refractivity contribution in [3.05, 3.63) is 0 Å². The van der Waals surface area contributed by atoms with E-state index in [-0.39, 0.29) is 11.6 Å². The Labute approximate surface area is 129 Å². The highest BCUT2D eigenvalue weighted by Crippen LogP contribution is 2.17. The summed E-state index contributed by atoms with van der Waals surface area (Å²) in [5.74, 6) is 0.715. The van der Waals surface area contributed by atoms with Crippen LogP contribution in [-0.4, -0.2) is 66.8 Å². The largest absolute Gasteiger partial charge is 0.372 e. The molecule has 2 heterocycles. The van der Waals surface area contributed by atoms with Gasteiger partial charge in [-0.15, -0.1) is 0 Å². The van der Waals surface area contributed by atoms with Crippen LogP contribution in [0.25, 0.3) is 0 Å². The number of carbonyl (C=O) groups is 1. The summed E-state index contributed by atoms with van der Waals surface area (Å²) in [4.78, 5) is 16.8. The van der Waals surface area contributed by atoms with E-state index in [0.717, 1.165) is 32.5 Å². The lowest BCUT2D eigenvalue weighted by atomic mass is 10.0. The minimum absolute atomic E-state index is 0.0775. The van der Waals surface area contributed by atoms with Gasteiger partial charge < -0.3 is 19.9 Å². The average molecular weight is 297 g/mol. The summed E-state index contributed by atoms with van der Waals surface area (Å²) in [6.45, 7) is 13.9. The molecule has 0 aliphatic carbocycles. The van der Waals surface area contributed by atoms with Crippen molar-refractivity contribution in [3.8, 4) is 0 Å². The second kappa shape index (κ2) is 6.97. The van der Waals surface area contributed by atoms with E-state index in [1.807, 2.05) is 18.7 Å². The van der Waals surface area contributed by atoms with E-state index in [2.05, 4.69) is 24.1 Å². The van der Waals surface area contributed by atoms with Crippen molar-refractivity contribution in [3.63, 3.8) is 0 Å². The normalized spacial score (nSPS) is 24.3. The Kier molecular flexibility index (Phi) is 5.49. The minimum atomic E-state index is -0.226. The molecule has 21 heavy (non-hydrogen) atoms. The second-order valence-corrected chi connectivity index (χ2v) is 7.45. The fourth-order valence-corrected chi connectivity index (χ4v) is 3.23. The van der Waals surface area contributed by atoms with Gasteiger partial charge in [-0.05, 0) is 32.6 Å². The van der Waals surface area contributed by atoms with Crippen LogP contribution in [0, 0.1) is 5.92 Å². The van der Waals surface area contributed by atoms with Gasteiger partial charge in [-0.1, -0.05) is 13.8 Å². The number of nitrogens with one attached hydrogen (secondary N) is 1. The zero-order valence-electron chi connectivity index (χ0n) is 14.0. The number of morpholine rings is 1. The van der Waals surface area contributed by atoms with Crippen molar-refractivity contribution < 1.29 is 9.53 Å². The van der Waals surface area contributed by atoms with Gasteiger partial charge in [0.05, 0.1) is 18.8 Å². The molecule has 5 heteroatoms. The fourth-order valence-electron chi connectivity index (χ4n) is 3.23. The Hall–Kier alpha value is -0.810. The topological polar surface area (TPSA) is 44.8 Å². The smallest absolute Gasteiger partial charge is 0.317 e. The third-order valence-corrected chi connectivity index (χ3v) is 4.25. The maximum Gasteiger partial charge on any atom is 0.317 e.